The van der Waals surface area contributed by atoms with E-state index >= 15 is 0 Å². The molecule has 1 aliphatic carbocycles. The smallest absolute Gasteiger partial charge is 0.260 e. The lowest BCUT2D eigenvalue weighted by atomic mass is 9.81. The minimum atomic E-state index is -0.856. The van der Waals surface area contributed by atoms with Gasteiger partial charge in [-0.15, -0.1) is 0 Å². The predicted octanol–water partition coefficient (Wildman–Crippen LogP) is 2.82. The molecule has 21 heavy (non-hydrogen) atoms. The van der Waals surface area contributed by atoms with Crippen LogP contribution in [0.2, 0.25) is 0 Å². The number of aryl methyl sites for hydroxylation is 1. The van der Waals surface area contributed by atoms with Crippen molar-refractivity contribution >= 4 is 16.8 Å². The molecule has 0 spiro atoms. The van der Waals surface area contributed by atoms with E-state index in [2.05, 4.69) is 17.1 Å². The summed E-state index contributed by atoms with van der Waals surface area (Å²) in [5.41, 5.74) is 2.42. The maximum Gasteiger partial charge on any atom is 0.260 e. The largest absolute Gasteiger partial charge is 0.359 e. The first kappa shape index (κ1) is 14.1. The van der Waals surface area contributed by atoms with Crippen LogP contribution < -0.4 is 0 Å². The second-order valence-corrected chi connectivity index (χ2v) is 5.84. The number of carbonyl (C=O) groups excluding carboxylic acids is 1. The molecule has 4 heteroatoms. The summed E-state index contributed by atoms with van der Waals surface area (Å²) in [4.78, 5) is 17.9. The fourth-order valence-corrected chi connectivity index (χ4v) is 3.47. The molecule has 0 radical (unpaired) electrons. The van der Waals surface area contributed by atoms with Crippen LogP contribution in [0, 0.1) is 0 Å². The van der Waals surface area contributed by atoms with E-state index in [9.17, 15) is 4.79 Å². The first-order chi connectivity index (χ1) is 10.1. The SMILES string of the molecule is CCOC1(C(=O)N(C)C)CCCc2c1[nH]c1ccccc21. The number of likely N-dealkylation sites (N-methyl/N-ethyl adjacent to an activating group) is 1. The standard InChI is InChI=1S/C17H22N2O2/c1-4-21-17(16(20)19(2)3)11-7-9-13-12-8-5-6-10-14(12)18-15(13)17/h5-6,8,10,18H,4,7,9,11H2,1-3H3. The van der Waals surface area contributed by atoms with Gasteiger partial charge in [0.1, 0.15) is 0 Å². The molecule has 2 aromatic rings. The lowest BCUT2D eigenvalue weighted by Gasteiger charge is -2.37. The molecule has 1 aromatic carbocycles. The van der Waals surface area contributed by atoms with Gasteiger partial charge in [-0.1, -0.05) is 18.2 Å². The number of nitrogens with zero attached hydrogens (tertiary/aromatic N) is 1. The Morgan fingerprint density at radius 3 is 2.86 bits per heavy atom. The Bertz CT molecular complexity index is 674. The van der Waals surface area contributed by atoms with E-state index in [0.717, 1.165) is 30.5 Å². The molecule has 0 bridgehead atoms. The van der Waals surface area contributed by atoms with Crippen LogP contribution in [0.25, 0.3) is 10.9 Å². The highest BCUT2D eigenvalue weighted by Crippen LogP contribution is 2.42. The zero-order valence-electron chi connectivity index (χ0n) is 12.9. The summed E-state index contributed by atoms with van der Waals surface area (Å²) in [7, 11) is 3.58. The highest BCUT2D eigenvalue weighted by Gasteiger charge is 2.47. The number of aromatic nitrogens is 1. The topological polar surface area (TPSA) is 45.3 Å². The van der Waals surface area contributed by atoms with Crippen molar-refractivity contribution in [2.24, 2.45) is 0 Å². The first-order valence-electron chi connectivity index (χ1n) is 7.56. The third-order valence-corrected chi connectivity index (χ3v) is 4.32. The summed E-state index contributed by atoms with van der Waals surface area (Å²) < 4.78 is 6.03. The predicted molar refractivity (Wildman–Crippen MR) is 83.2 cm³/mol. The van der Waals surface area contributed by atoms with Gasteiger partial charge in [-0.3, -0.25) is 4.79 Å². The van der Waals surface area contributed by atoms with E-state index < -0.39 is 5.60 Å². The van der Waals surface area contributed by atoms with Crippen LogP contribution in [-0.4, -0.2) is 36.5 Å². The van der Waals surface area contributed by atoms with Crippen LogP contribution in [0.1, 0.15) is 31.0 Å². The highest BCUT2D eigenvalue weighted by atomic mass is 16.5. The van der Waals surface area contributed by atoms with Gasteiger partial charge in [-0.05, 0) is 37.8 Å². The van der Waals surface area contributed by atoms with Crippen molar-refractivity contribution in [1.82, 2.24) is 9.88 Å². The number of carbonyl (C=O) groups is 1. The van der Waals surface area contributed by atoms with E-state index in [1.165, 1.54) is 10.9 Å². The number of amides is 1. The Hall–Kier alpha value is -1.81. The summed E-state index contributed by atoms with van der Waals surface area (Å²) in [5, 5.41) is 1.21. The monoisotopic (exact) mass is 286 g/mol. The van der Waals surface area contributed by atoms with E-state index in [0.29, 0.717) is 6.61 Å². The molecule has 1 aliphatic rings. The molecule has 3 rings (SSSR count). The second kappa shape index (κ2) is 5.19. The zero-order chi connectivity index (χ0) is 15.0. The second-order valence-electron chi connectivity index (χ2n) is 5.84. The molecule has 0 fully saturated rings. The fourth-order valence-electron chi connectivity index (χ4n) is 3.47. The maximum atomic E-state index is 12.8. The van der Waals surface area contributed by atoms with Gasteiger partial charge in [-0.25, -0.2) is 0 Å². The molecule has 4 nitrogen and oxygen atoms in total. The van der Waals surface area contributed by atoms with E-state index in [1.807, 2.05) is 19.1 Å². The van der Waals surface area contributed by atoms with Crippen LogP contribution in [0.3, 0.4) is 0 Å². The molecule has 1 atom stereocenters. The van der Waals surface area contributed by atoms with Gasteiger partial charge in [0.2, 0.25) is 0 Å². The van der Waals surface area contributed by atoms with Crippen molar-refractivity contribution < 1.29 is 9.53 Å². The van der Waals surface area contributed by atoms with Gasteiger partial charge in [0.25, 0.3) is 5.91 Å². The number of aromatic amines is 1. The lowest BCUT2D eigenvalue weighted by molar-refractivity contribution is -0.160. The number of ether oxygens (including phenoxy) is 1. The molecule has 1 amide bonds. The summed E-state index contributed by atoms with van der Waals surface area (Å²) in [5.74, 6) is 0.0249. The van der Waals surface area contributed by atoms with Gasteiger partial charge >= 0.3 is 0 Å². The van der Waals surface area contributed by atoms with Gasteiger partial charge in [0.15, 0.2) is 5.60 Å². The molecule has 0 saturated heterocycles. The van der Waals surface area contributed by atoms with E-state index in [-0.39, 0.29) is 5.91 Å². The van der Waals surface area contributed by atoms with E-state index in [4.69, 9.17) is 4.74 Å². The van der Waals surface area contributed by atoms with Gasteiger partial charge in [0.05, 0.1) is 5.69 Å². The van der Waals surface area contributed by atoms with Crippen LogP contribution in [0.15, 0.2) is 24.3 Å². The van der Waals surface area contributed by atoms with Crippen molar-refractivity contribution in [2.45, 2.75) is 31.8 Å². The molecule has 1 N–H and O–H groups in total. The number of fused-ring (bicyclic) bond motifs is 3. The van der Waals surface area contributed by atoms with Gasteiger partial charge < -0.3 is 14.6 Å². The summed E-state index contributed by atoms with van der Waals surface area (Å²) in [6.07, 6.45) is 2.70. The Labute approximate surface area is 125 Å². The minimum absolute atomic E-state index is 0.0249. The Morgan fingerprint density at radius 2 is 2.14 bits per heavy atom. The summed E-state index contributed by atoms with van der Waals surface area (Å²) >= 11 is 0. The van der Waals surface area contributed by atoms with Crippen molar-refractivity contribution in [3.8, 4) is 0 Å². The number of H-pyrrole nitrogens is 1. The van der Waals surface area contributed by atoms with Crippen molar-refractivity contribution in [3.63, 3.8) is 0 Å². The van der Waals surface area contributed by atoms with Crippen LogP contribution in [0.5, 0.6) is 0 Å². The number of nitrogens with one attached hydrogen (secondary N) is 1. The third kappa shape index (κ3) is 2.05. The van der Waals surface area contributed by atoms with Crippen LogP contribution >= 0.6 is 0 Å². The molecule has 0 aliphatic heterocycles. The normalized spacial score (nSPS) is 21.3. The Kier molecular flexibility index (Phi) is 3.49. The average molecular weight is 286 g/mol. The molecular weight excluding hydrogens is 264 g/mol. The Morgan fingerprint density at radius 1 is 1.38 bits per heavy atom. The third-order valence-electron chi connectivity index (χ3n) is 4.32. The first-order valence-corrected chi connectivity index (χ1v) is 7.56. The molecule has 1 unspecified atom stereocenters. The highest BCUT2D eigenvalue weighted by molar-refractivity contribution is 5.92. The van der Waals surface area contributed by atoms with Crippen molar-refractivity contribution in [1.29, 1.82) is 0 Å². The zero-order valence-corrected chi connectivity index (χ0v) is 12.9. The number of benzene rings is 1. The van der Waals surface area contributed by atoms with Gasteiger partial charge in [0, 0.05) is 31.6 Å². The molecule has 1 heterocycles. The number of rotatable bonds is 3. The number of hydrogen-bond donors (Lipinski definition) is 1. The molecule has 112 valence electrons. The fraction of sp³-hybridized carbons (Fsp3) is 0.471. The lowest BCUT2D eigenvalue weighted by Crippen LogP contribution is -2.48. The number of para-hydroxylation sites is 1. The average Bonchev–Trinajstić information content (AvgIpc) is 2.87. The van der Waals surface area contributed by atoms with Gasteiger partial charge in [-0.2, -0.15) is 0 Å². The molecule has 0 saturated carbocycles. The summed E-state index contributed by atoms with van der Waals surface area (Å²) in [6.45, 7) is 2.47. The minimum Gasteiger partial charge on any atom is -0.359 e. The Balaban J connectivity index is 2.23. The van der Waals surface area contributed by atoms with Crippen molar-refractivity contribution in [3.05, 3.63) is 35.5 Å². The molecule has 1 aromatic heterocycles. The number of hydrogen-bond acceptors (Lipinski definition) is 2. The summed E-state index contributed by atoms with van der Waals surface area (Å²) in [6, 6.07) is 8.24. The van der Waals surface area contributed by atoms with Crippen molar-refractivity contribution in [2.75, 3.05) is 20.7 Å². The quantitative estimate of drug-likeness (QED) is 0.943. The van der Waals surface area contributed by atoms with E-state index in [1.54, 1.807) is 19.0 Å². The van der Waals surface area contributed by atoms with Crippen LogP contribution in [-0.2, 0) is 21.6 Å². The maximum absolute atomic E-state index is 12.8. The molecular formula is C17H22N2O2. The van der Waals surface area contributed by atoms with Crippen LogP contribution in [0.4, 0.5) is 0 Å².